The number of rotatable bonds is 4. The highest BCUT2D eigenvalue weighted by Crippen LogP contribution is 2.35. The third-order valence-corrected chi connectivity index (χ3v) is 4.89. The Morgan fingerprint density at radius 2 is 2.16 bits per heavy atom. The Bertz CT molecular complexity index is 533. The Labute approximate surface area is 118 Å². The van der Waals surface area contributed by atoms with Gasteiger partial charge in [-0.1, -0.05) is 30.3 Å². The van der Waals surface area contributed by atoms with Crippen LogP contribution in [0.2, 0.25) is 0 Å². The van der Waals surface area contributed by atoms with Gasteiger partial charge in [0.05, 0.1) is 10.7 Å². The third-order valence-electron chi connectivity index (χ3n) is 3.76. The number of aryl methyl sites for hydroxylation is 1. The molecule has 0 radical (unpaired) electrons. The predicted molar refractivity (Wildman–Crippen MR) is 81.0 cm³/mol. The average Bonchev–Trinajstić information content (AvgIpc) is 2.84. The molecule has 1 atom stereocenters. The van der Waals surface area contributed by atoms with E-state index in [1.165, 1.54) is 40.4 Å². The maximum Gasteiger partial charge on any atom is 0.0975 e. The van der Waals surface area contributed by atoms with Crippen LogP contribution in [0.5, 0.6) is 0 Å². The van der Waals surface area contributed by atoms with E-state index in [-0.39, 0.29) is 0 Å². The summed E-state index contributed by atoms with van der Waals surface area (Å²) in [6.45, 7) is 1.06. The minimum absolute atomic E-state index is 0.620. The van der Waals surface area contributed by atoms with Crippen LogP contribution in [0.15, 0.2) is 30.3 Å². The van der Waals surface area contributed by atoms with Crippen molar-refractivity contribution in [3.8, 4) is 0 Å². The van der Waals surface area contributed by atoms with E-state index >= 15 is 0 Å². The minimum Gasteiger partial charge on any atom is -0.319 e. The maximum absolute atomic E-state index is 4.92. The third kappa shape index (κ3) is 2.88. The van der Waals surface area contributed by atoms with E-state index in [0.29, 0.717) is 5.92 Å². The van der Waals surface area contributed by atoms with Gasteiger partial charge in [-0.15, -0.1) is 11.3 Å². The van der Waals surface area contributed by atoms with Crippen molar-refractivity contribution in [2.24, 2.45) is 0 Å². The van der Waals surface area contributed by atoms with Crippen molar-refractivity contribution in [1.82, 2.24) is 10.3 Å². The summed E-state index contributed by atoms with van der Waals surface area (Å²) >= 11 is 1.92. The van der Waals surface area contributed by atoms with Crippen molar-refractivity contribution >= 4 is 11.3 Å². The molecule has 0 saturated carbocycles. The van der Waals surface area contributed by atoms with E-state index in [1.807, 2.05) is 18.4 Å². The summed E-state index contributed by atoms with van der Waals surface area (Å²) in [4.78, 5) is 6.45. The first-order valence-corrected chi connectivity index (χ1v) is 7.85. The summed E-state index contributed by atoms with van der Waals surface area (Å²) in [5, 5.41) is 4.58. The lowest BCUT2D eigenvalue weighted by Crippen LogP contribution is -2.21. The number of likely N-dealkylation sites (N-methyl/N-ethyl adjacent to an activating group) is 1. The Kier molecular flexibility index (Phi) is 3.95. The van der Waals surface area contributed by atoms with Crippen molar-refractivity contribution in [3.05, 3.63) is 51.5 Å². The predicted octanol–water partition coefficient (Wildman–Crippen LogP) is 3.37. The van der Waals surface area contributed by atoms with Crippen LogP contribution in [0.25, 0.3) is 0 Å². The molecule has 0 saturated heterocycles. The topological polar surface area (TPSA) is 24.9 Å². The highest BCUT2D eigenvalue weighted by Gasteiger charge is 2.24. The van der Waals surface area contributed by atoms with Gasteiger partial charge in [0, 0.05) is 23.8 Å². The number of fused-ring (bicyclic) bond motifs is 1. The van der Waals surface area contributed by atoms with Gasteiger partial charge in [-0.3, -0.25) is 0 Å². The monoisotopic (exact) mass is 272 g/mol. The molecule has 1 aliphatic rings. The van der Waals surface area contributed by atoms with Crippen molar-refractivity contribution < 1.29 is 0 Å². The van der Waals surface area contributed by atoms with E-state index in [2.05, 4.69) is 35.6 Å². The van der Waals surface area contributed by atoms with Gasteiger partial charge in [0.2, 0.25) is 0 Å². The largest absolute Gasteiger partial charge is 0.319 e. The zero-order chi connectivity index (χ0) is 13.1. The van der Waals surface area contributed by atoms with E-state index in [0.717, 1.165) is 13.0 Å². The second kappa shape index (κ2) is 5.85. The smallest absolute Gasteiger partial charge is 0.0975 e. The quantitative estimate of drug-likeness (QED) is 0.923. The fraction of sp³-hybridized carbons (Fsp3) is 0.438. The SMILES string of the molecule is CNCC1CCCc2sc(Cc3ccccc3)nc21. The number of benzene rings is 1. The number of aromatic nitrogens is 1. The molecule has 0 aliphatic heterocycles. The van der Waals surface area contributed by atoms with Crippen molar-refractivity contribution in [3.63, 3.8) is 0 Å². The summed E-state index contributed by atoms with van der Waals surface area (Å²) in [6.07, 6.45) is 4.79. The molecule has 3 rings (SSSR count). The first kappa shape index (κ1) is 12.8. The molecule has 1 aromatic heterocycles. The van der Waals surface area contributed by atoms with Gasteiger partial charge in [0.15, 0.2) is 0 Å². The molecule has 100 valence electrons. The molecular formula is C16H20N2S. The van der Waals surface area contributed by atoms with Crippen LogP contribution in [0.4, 0.5) is 0 Å². The maximum atomic E-state index is 4.92. The average molecular weight is 272 g/mol. The molecule has 1 heterocycles. The first-order valence-electron chi connectivity index (χ1n) is 7.04. The fourth-order valence-corrected chi connectivity index (χ4v) is 4.08. The molecule has 0 amide bonds. The summed E-state index contributed by atoms with van der Waals surface area (Å²) < 4.78 is 0. The summed E-state index contributed by atoms with van der Waals surface area (Å²) in [5.41, 5.74) is 2.73. The number of nitrogens with zero attached hydrogens (tertiary/aromatic N) is 1. The molecule has 0 bridgehead atoms. The standard InChI is InChI=1S/C16H20N2S/c1-17-11-13-8-5-9-14-16(13)18-15(19-14)10-12-6-3-2-4-7-12/h2-4,6-7,13,17H,5,8-11H2,1H3. The van der Waals surface area contributed by atoms with Crippen molar-refractivity contribution in [1.29, 1.82) is 0 Å². The van der Waals surface area contributed by atoms with Gasteiger partial charge in [-0.25, -0.2) is 4.98 Å². The van der Waals surface area contributed by atoms with E-state index in [1.54, 1.807) is 0 Å². The zero-order valence-electron chi connectivity index (χ0n) is 11.4. The number of hydrogen-bond donors (Lipinski definition) is 1. The van der Waals surface area contributed by atoms with Gasteiger partial charge in [-0.2, -0.15) is 0 Å². The molecule has 0 fully saturated rings. The molecule has 1 aromatic carbocycles. The molecule has 0 spiro atoms. The van der Waals surface area contributed by atoms with Crippen molar-refractivity contribution in [2.75, 3.05) is 13.6 Å². The highest BCUT2D eigenvalue weighted by atomic mass is 32.1. The van der Waals surface area contributed by atoms with Crippen LogP contribution in [-0.2, 0) is 12.8 Å². The van der Waals surface area contributed by atoms with E-state index in [9.17, 15) is 0 Å². The Balaban J connectivity index is 1.81. The van der Waals surface area contributed by atoms with Crippen LogP contribution in [0.3, 0.4) is 0 Å². The molecule has 3 heteroatoms. The molecule has 1 N–H and O–H groups in total. The van der Waals surface area contributed by atoms with Crippen LogP contribution < -0.4 is 5.32 Å². The van der Waals surface area contributed by atoms with E-state index in [4.69, 9.17) is 4.98 Å². The van der Waals surface area contributed by atoms with Crippen LogP contribution in [0.1, 0.15) is 39.9 Å². The lowest BCUT2D eigenvalue weighted by Gasteiger charge is -2.20. The van der Waals surface area contributed by atoms with Gasteiger partial charge in [-0.05, 0) is 31.9 Å². The zero-order valence-corrected chi connectivity index (χ0v) is 12.2. The van der Waals surface area contributed by atoms with Crippen LogP contribution in [-0.4, -0.2) is 18.6 Å². The number of hydrogen-bond acceptors (Lipinski definition) is 3. The minimum atomic E-state index is 0.620. The normalized spacial score (nSPS) is 18.3. The molecule has 2 nitrogen and oxygen atoms in total. The van der Waals surface area contributed by atoms with Crippen LogP contribution >= 0.6 is 11.3 Å². The van der Waals surface area contributed by atoms with Gasteiger partial charge in [0.1, 0.15) is 0 Å². The fourth-order valence-electron chi connectivity index (χ4n) is 2.85. The molecule has 2 aromatic rings. The second-order valence-corrected chi connectivity index (χ2v) is 6.39. The molecule has 19 heavy (non-hydrogen) atoms. The van der Waals surface area contributed by atoms with Gasteiger partial charge in [0.25, 0.3) is 0 Å². The van der Waals surface area contributed by atoms with Crippen molar-refractivity contribution in [2.45, 2.75) is 31.6 Å². The summed E-state index contributed by atoms with van der Waals surface area (Å²) in [6, 6.07) is 10.6. The summed E-state index contributed by atoms with van der Waals surface area (Å²) in [7, 11) is 2.03. The molecule has 1 unspecified atom stereocenters. The second-order valence-electron chi connectivity index (χ2n) is 5.23. The Morgan fingerprint density at radius 3 is 2.95 bits per heavy atom. The van der Waals surface area contributed by atoms with Gasteiger partial charge < -0.3 is 5.32 Å². The summed E-state index contributed by atoms with van der Waals surface area (Å²) in [5.74, 6) is 0.620. The van der Waals surface area contributed by atoms with Gasteiger partial charge >= 0.3 is 0 Å². The Morgan fingerprint density at radius 1 is 1.32 bits per heavy atom. The highest BCUT2D eigenvalue weighted by molar-refractivity contribution is 7.11. The number of nitrogens with one attached hydrogen (secondary N) is 1. The number of thiazole rings is 1. The van der Waals surface area contributed by atoms with E-state index < -0.39 is 0 Å². The lowest BCUT2D eigenvalue weighted by atomic mass is 9.91. The van der Waals surface area contributed by atoms with Crippen LogP contribution in [0, 0.1) is 0 Å². The first-order chi connectivity index (χ1) is 9.36. The molecule has 1 aliphatic carbocycles. The Hall–Kier alpha value is -1.19. The lowest BCUT2D eigenvalue weighted by molar-refractivity contribution is 0.522. The molecular weight excluding hydrogens is 252 g/mol.